The first-order valence-corrected chi connectivity index (χ1v) is 25.6. The maximum Gasteiger partial charge on any atom is 0.507 e. The van der Waals surface area contributed by atoms with Gasteiger partial charge in [0.1, 0.15) is 38.7 Å². The summed E-state index contributed by atoms with van der Waals surface area (Å²) in [4.78, 5) is 8.33. The van der Waals surface area contributed by atoms with Crippen LogP contribution >= 0.6 is 11.6 Å². The van der Waals surface area contributed by atoms with Crippen molar-refractivity contribution in [1.29, 1.82) is 10.5 Å². The molecule has 4 aromatic heterocycles. The Morgan fingerprint density at radius 2 is 1.12 bits per heavy atom. The summed E-state index contributed by atoms with van der Waals surface area (Å²) in [7, 11) is -8.97. The zero-order valence-corrected chi connectivity index (χ0v) is 41.7. The van der Waals surface area contributed by atoms with Crippen molar-refractivity contribution in [3.05, 3.63) is 100.0 Å². The Morgan fingerprint density at radius 1 is 0.691 bits per heavy atom. The fourth-order valence-electron chi connectivity index (χ4n) is 8.85. The van der Waals surface area contributed by atoms with Gasteiger partial charge in [0.2, 0.25) is 20.0 Å². The van der Waals surface area contributed by atoms with Crippen LogP contribution in [0.1, 0.15) is 127 Å². The standard InChI is InChI=1S/C24H27FN4O2S.C15H16BFN2O2.C9H13ClN2O2S/c1-15-11-22-18(12-20(15)25)19(13-26)23(29(22)16-7-5-6-8-16)21-10-9-17(14-27-21)32(30,31)28-24(2,3)4;1-9-6-14-11(7-13(9)17)12(8-18)15(16(20)21)19(14)10-4-2-3-5-10;1-9(2,3)12-15(13,14)7-4-5-8(10)11-6-7/h9-12,14,16,28H,5-8H2,1-4H3;6-7,10,20-21H,2-5H2,1H3;4-6,12H,1-3H3. The highest BCUT2D eigenvalue weighted by Crippen LogP contribution is 2.42. The number of pyridine rings is 2. The summed E-state index contributed by atoms with van der Waals surface area (Å²) in [6.07, 6.45) is 10.7. The Labute approximate surface area is 402 Å². The monoisotopic (exact) mass is 988 g/mol. The minimum atomic E-state index is -3.73. The molecule has 2 fully saturated rings. The molecule has 2 aliphatic rings. The molecular formula is C48H56BClF2N8O6S2. The van der Waals surface area contributed by atoms with Crippen LogP contribution in [0.15, 0.2) is 70.7 Å². The van der Waals surface area contributed by atoms with E-state index < -0.39 is 38.2 Å². The molecule has 0 bridgehead atoms. The molecule has 8 rings (SSSR count). The van der Waals surface area contributed by atoms with Gasteiger partial charge in [0, 0.05) is 51.8 Å². The van der Waals surface area contributed by atoms with Crippen LogP contribution in [-0.2, 0) is 20.0 Å². The summed E-state index contributed by atoms with van der Waals surface area (Å²) < 4.78 is 86.2. The predicted molar refractivity (Wildman–Crippen MR) is 260 cm³/mol. The normalized spacial score (nSPS) is 14.9. The highest BCUT2D eigenvalue weighted by Gasteiger charge is 2.32. The smallest absolute Gasteiger partial charge is 0.422 e. The van der Waals surface area contributed by atoms with Crippen molar-refractivity contribution < 1.29 is 35.7 Å². The topological polar surface area (TPSA) is 216 Å². The average molecular weight is 989 g/mol. The molecule has 4 N–H and O–H groups in total. The van der Waals surface area contributed by atoms with Crippen molar-refractivity contribution in [2.75, 3.05) is 0 Å². The molecule has 2 saturated carbocycles. The number of nitrogens with one attached hydrogen (secondary N) is 2. The summed E-state index contributed by atoms with van der Waals surface area (Å²) in [5.41, 5.74) is 3.22. The molecule has 360 valence electrons. The number of halogens is 3. The minimum absolute atomic E-state index is 0.0556. The summed E-state index contributed by atoms with van der Waals surface area (Å²) in [6.45, 7) is 14.0. The second-order valence-electron chi connectivity index (χ2n) is 19.3. The Balaban J connectivity index is 0.000000182. The van der Waals surface area contributed by atoms with Gasteiger partial charge in [-0.1, -0.05) is 37.3 Å². The molecule has 0 spiro atoms. The third-order valence-electron chi connectivity index (χ3n) is 11.6. The first-order chi connectivity index (χ1) is 31.8. The van der Waals surface area contributed by atoms with Crippen molar-refractivity contribution in [3.63, 3.8) is 0 Å². The van der Waals surface area contributed by atoms with Gasteiger partial charge in [0.25, 0.3) is 0 Å². The van der Waals surface area contributed by atoms with Gasteiger partial charge in [-0.2, -0.15) is 10.5 Å². The van der Waals surface area contributed by atoms with E-state index in [1.807, 2.05) is 10.6 Å². The van der Waals surface area contributed by atoms with Crippen LogP contribution in [0.2, 0.25) is 5.15 Å². The van der Waals surface area contributed by atoms with E-state index in [2.05, 4.69) is 30.0 Å². The van der Waals surface area contributed by atoms with Crippen LogP contribution in [0.3, 0.4) is 0 Å². The molecule has 0 radical (unpaired) electrons. The number of nitriles is 2. The van der Waals surface area contributed by atoms with Gasteiger partial charge in [0.15, 0.2) is 0 Å². The van der Waals surface area contributed by atoms with Crippen LogP contribution in [0.25, 0.3) is 33.2 Å². The lowest BCUT2D eigenvalue weighted by Crippen LogP contribution is -2.40. The van der Waals surface area contributed by atoms with Gasteiger partial charge in [-0.05, 0) is 141 Å². The van der Waals surface area contributed by atoms with Gasteiger partial charge < -0.3 is 19.2 Å². The molecule has 0 saturated heterocycles. The van der Waals surface area contributed by atoms with Gasteiger partial charge in [-0.3, -0.25) is 4.98 Å². The van der Waals surface area contributed by atoms with Crippen LogP contribution in [-0.4, -0.2) is 64.2 Å². The molecule has 0 amide bonds. The van der Waals surface area contributed by atoms with Crippen molar-refractivity contribution in [2.24, 2.45) is 0 Å². The molecular weight excluding hydrogens is 933 g/mol. The number of aromatic nitrogens is 4. The van der Waals surface area contributed by atoms with E-state index in [1.165, 1.54) is 42.7 Å². The van der Waals surface area contributed by atoms with Crippen LogP contribution in [0, 0.1) is 48.1 Å². The third-order valence-corrected chi connectivity index (χ3v) is 15.3. The molecule has 0 atom stereocenters. The zero-order chi connectivity index (χ0) is 50.1. The number of aryl methyl sites for hydroxylation is 2. The van der Waals surface area contributed by atoms with Crippen LogP contribution in [0.4, 0.5) is 8.78 Å². The molecule has 68 heavy (non-hydrogen) atoms. The fourth-order valence-corrected chi connectivity index (χ4v) is 11.7. The number of sulfonamides is 2. The molecule has 14 nitrogen and oxygen atoms in total. The second-order valence-corrected chi connectivity index (χ2v) is 23.1. The predicted octanol–water partition coefficient (Wildman–Crippen LogP) is 8.78. The van der Waals surface area contributed by atoms with E-state index in [1.54, 1.807) is 73.6 Å². The third kappa shape index (κ3) is 11.6. The summed E-state index contributed by atoms with van der Waals surface area (Å²) >= 11 is 5.57. The molecule has 0 aliphatic heterocycles. The van der Waals surface area contributed by atoms with Crippen LogP contribution < -0.4 is 15.0 Å². The first-order valence-electron chi connectivity index (χ1n) is 22.3. The maximum atomic E-state index is 14.4. The van der Waals surface area contributed by atoms with Crippen LogP contribution in [0.5, 0.6) is 0 Å². The average Bonchev–Trinajstić information content (AvgIpc) is 4.07. The Bertz CT molecular complexity index is 3140. The largest absolute Gasteiger partial charge is 0.507 e. The van der Waals surface area contributed by atoms with Crippen molar-refractivity contribution >= 4 is 66.2 Å². The number of hydrogen-bond donors (Lipinski definition) is 4. The second kappa shape index (κ2) is 20.4. The quantitative estimate of drug-likeness (QED) is 0.0840. The number of nitrogens with zero attached hydrogens (tertiary/aromatic N) is 6. The van der Waals surface area contributed by atoms with Gasteiger partial charge in [0.05, 0.1) is 33.6 Å². The van der Waals surface area contributed by atoms with Crippen molar-refractivity contribution in [3.8, 4) is 23.5 Å². The SMILES string of the molecule is CC(C)(C)NS(=O)(=O)c1ccc(Cl)nc1.Cc1cc2c(cc1F)c(C#N)c(-c1ccc(S(=O)(=O)NC(C)(C)C)cn1)n2C1CCCC1.Cc1cc2c(cc1F)c(C#N)c(B(O)O)n2C1CCCC1. The lowest BCUT2D eigenvalue weighted by molar-refractivity contribution is 0.417. The van der Waals surface area contributed by atoms with Gasteiger partial charge in [-0.25, -0.2) is 40.0 Å². The fraction of sp³-hybridized carbons (Fsp3) is 0.417. The first kappa shape index (κ1) is 52.1. The molecule has 6 aromatic rings. The molecule has 2 aliphatic carbocycles. The number of benzene rings is 2. The van der Waals surface area contributed by atoms with E-state index in [9.17, 15) is 46.2 Å². The summed E-state index contributed by atoms with van der Waals surface area (Å²) in [5, 5.41) is 40.1. The van der Waals surface area contributed by atoms with Gasteiger partial charge >= 0.3 is 7.12 Å². The molecule has 2 aromatic carbocycles. The van der Waals surface area contributed by atoms with E-state index >= 15 is 0 Å². The molecule has 0 unspecified atom stereocenters. The van der Waals surface area contributed by atoms with E-state index in [4.69, 9.17) is 11.6 Å². The number of fused-ring (bicyclic) bond motifs is 2. The zero-order valence-electron chi connectivity index (χ0n) is 39.3. The van der Waals surface area contributed by atoms with E-state index in [-0.39, 0.29) is 49.8 Å². The van der Waals surface area contributed by atoms with E-state index in [0.29, 0.717) is 44.4 Å². The molecule has 20 heteroatoms. The Morgan fingerprint density at radius 3 is 1.51 bits per heavy atom. The van der Waals surface area contributed by atoms with Gasteiger partial charge in [-0.15, -0.1) is 0 Å². The van der Waals surface area contributed by atoms with E-state index in [0.717, 1.165) is 56.9 Å². The Kier molecular flexibility index (Phi) is 15.6. The lowest BCUT2D eigenvalue weighted by atomic mass is 9.82. The summed E-state index contributed by atoms with van der Waals surface area (Å²) in [6, 6.07) is 16.8. The maximum absolute atomic E-state index is 14.4. The van der Waals surface area contributed by atoms with Crippen molar-refractivity contribution in [1.82, 2.24) is 28.5 Å². The highest BCUT2D eigenvalue weighted by molar-refractivity contribution is 7.89. The van der Waals surface area contributed by atoms with Crippen molar-refractivity contribution in [2.45, 2.75) is 140 Å². The summed E-state index contributed by atoms with van der Waals surface area (Å²) in [5.74, 6) is -0.742. The number of rotatable bonds is 8. The highest BCUT2D eigenvalue weighted by atomic mass is 35.5. The number of hydrogen-bond acceptors (Lipinski definition) is 10. The minimum Gasteiger partial charge on any atom is -0.422 e. The lowest BCUT2D eigenvalue weighted by Gasteiger charge is -2.20. The Hall–Kier alpha value is -5.25. The molecule has 4 heterocycles.